The number of nitrogens with zero attached hydrogens (tertiary/aromatic N) is 1. The topological polar surface area (TPSA) is 66.5 Å². The summed E-state index contributed by atoms with van der Waals surface area (Å²) in [5, 5.41) is 2.76. The second kappa shape index (κ2) is 8.80. The van der Waals surface area contributed by atoms with Crippen LogP contribution in [0.3, 0.4) is 0 Å². The van der Waals surface area contributed by atoms with Gasteiger partial charge in [-0.2, -0.15) is 0 Å². The largest absolute Gasteiger partial charge is 0.355 e. The molecule has 0 saturated carbocycles. The van der Waals surface area contributed by atoms with Gasteiger partial charge in [-0.15, -0.1) is 11.8 Å². The van der Waals surface area contributed by atoms with Crippen LogP contribution in [0.2, 0.25) is 0 Å². The van der Waals surface area contributed by atoms with Crippen molar-refractivity contribution < 1.29 is 13.2 Å². The highest BCUT2D eigenvalue weighted by molar-refractivity contribution is 7.99. The summed E-state index contributed by atoms with van der Waals surface area (Å²) in [4.78, 5) is 13.4. The second-order valence-corrected chi connectivity index (χ2v) is 9.69. The zero-order valence-electron chi connectivity index (χ0n) is 15.3. The molecular weight excluding hydrogens is 380 g/mol. The van der Waals surface area contributed by atoms with Gasteiger partial charge in [-0.1, -0.05) is 43.3 Å². The van der Waals surface area contributed by atoms with Crippen molar-refractivity contribution in [2.75, 3.05) is 28.9 Å². The quantitative estimate of drug-likeness (QED) is 0.687. The molecule has 0 bridgehead atoms. The van der Waals surface area contributed by atoms with Gasteiger partial charge in [0.25, 0.3) is 0 Å². The van der Waals surface area contributed by atoms with E-state index in [1.54, 1.807) is 11.8 Å². The fourth-order valence-corrected chi connectivity index (χ4v) is 5.37. The van der Waals surface area contributed by atoms with Gasteiger partial charge in [0.2, 0.25) is 15.9 Å². The molecule has 1 N–H and O–H groups in total. The predicted molar refractivity (Wildman–Crippen MR) is 111 cm³/mol. The highest BCUT2D eigenvalue weighted by Crippen LogP contribution is 2.29. The summed E-state index contributed by atoms with van der Waals surface area (Å²) in [5.74, 6) is 0.258. The number of hydrogen-bond donors (Lipinski definition) is 1. The monoisotopic (exact) mass is 404 g/mol. The van der Waals surface area contributed by atoms with Crippen LogP contribution in [-0.2, 0) is 21.2 Å². The highest BCUT2D eigenvalue weighted by Gasteiger charge is 2.28. The van der Waals surface area contributed by atoms with Crippen molar-refractivity contribution >= 4 is 33.4 Å². The molecule has 2 aromatic carbocycles. The Kier molecular flexibility index (Phi) is 6.44. The number of carbonyl (C=O) groups excluding carboxylic acids is 1. The Balaban J connectivity index is 1.46. The van der Waals surface area contributed by atoms with Crippen LogP contribution < -0.4 is 9.62 Å². The van der Waals surface area contributed by atoms with Crippen molar-refractivity contribution in [3.8, 4) is 0 Å². The molecule has 27 heavy (non-hydrogen) atoms. The predicted octanol–water partition coefficient (Wildman–Crippen LogP) is 2.92. The Morgan fingerprint density at radius 3 is 2.63 bits per heavy atom. The molecule has 1 unspecified atom stereocenters. The standard InChI is InChI=1S/C20H24N2O3S2/c1-16(15-26-18-8-3-2-4-9-18)20(23)21-12-14-27(24,25)22-13-11-17-7-5-6-10-19(17)22/h2-10,16H,11-15H2,1H3,(H,21,23). The number of sulfonamides is 1. The van der Waals surface area contributed by atoms with Crippen LogP contribution in [0.5, 0.6) is 0 Å². The van der Waals surface area contributed by atoms with Crippen LogP contribution in [-0.4, -0.2) is 38.9 Å². The molecule has 1 amide bonds. The summed E-state index contributed by atoms with van der Waals surface area (Å²) >= 11 is 1.62. The van der Waals surface area contributed by atoms with Crippen LogP contribution in [0, 0.1) is 5.92 Å². The van der Waals surface area contributed by atoms with Crippen molar-refractivity contribution in [3.05, 3.63) is 60.2 Å². The fraction of sp³-hybridized carbons (Fsp3) is 0.350. The van der Waals surface area contributed by atoms with E-state index in [0.29, 0.717) is 12.3 Å². The zero-order chi connectivity index (χ0) is 19.3. The SMILES string of the molecule is CC(CSc1ccccc1)C(=O)NCCS(=O)(=O)N1CCc2ccccc21. The van der Waals surface area contributed by atoms with E-state index in [0.717, 1.165) is 22.6 Å². The molecule has 0 saturated heterocycles. The summed E-state index contributed by atoms with van der Waals surface area (Å²) in [5.41, 5.74) is 1.81. The molecule has 0 aromatic heterocycles. The smallest absolute Gasteiger partial charge is 0.236 e. The van der Waals surface area contributed by atoms with Crippen molar-refractivity contribution in [1.29, 1.82) is 0 Å². The van der Waals surface area contributed by atoms with Crippen molar-refractivity contribution in [2.24, 2.45) is 5.92 Å². The van der Waals surface area contributed by atoms with Crippen LogP contribution in [0.15, 0.2) is 59.5 Å². The fourth-order valence-electron chi connectivity index (χ4n) is 3.00. The lowest BCUT2D eigenvalue weighted by atomic mass is 10.2. The van der Waals surface area contributed by atoms with Gasteiger partial charge in [0.15, 0.2) is 0 Å². The molecule has 1 aliphatic heterocycles. The summed E-state index contributed by atoms with van der Waals surface area (Å²) in [6.45, 7) is 2.45. The van der Waals surface area contributed by atoms with E-state index in [4.69, 9.17) is 0 Å². The molecule has 1 heterocycles. The third-order valence-corrected chi connectivity index (χ3v) is 7.57. The molecule has 1 atom stereocenters. The first-order valence-corrected chi connectivity index (χ1v) is 11.6. The van der Waals surface area contributed by atoms with E-state index in [9.17, 15) is 13.2 Å². The van der Waals surface area contributed by atoms with Crippen molar-refractivity contribution in [1.82, 2.24) is 5.32 Å². The van der Waals surface area contributed by atoms with Gasteiger partial charge in [-0.25, -0.2) is 8.42 Å². The van der Waals surface area contributed by atoms with Crippen LogP contribution in [0.25, 0.3) is 0 Å². The Labute approximate surface area is 165 Å². The van der Waals surface area contributed by atoms with E-state index in [-0.39, 0.29) is 24.1 Å². The van der Waals surface area contributed by atoms with Gasteiger partial charge >= 0.3 is 0 Å². The van der Waals surface area contributed by atoms with Gasteiger partial charge in [-0.05, 0) is 30.2 Å². The minimum absolute atomic E-state index is 0.0916. The van der Waals surface area contributed by atoms with Gasteiger partial charge < -0.3 is 5.32 Å². The average molecular weight is 405 g/mol. The number of thioether (sulfide) groups is 1. The van der Waals surface area contributed by atoms with E-state index in [2.05, 4.69) is 5.32 Å². The molecule has 7 heteroatoms. The molecule has 5 nitrogen and oxygen atoms in total. The number of para-hydroxylation sites is 1. The highest BCUT2D eigenvalue weighted by atomic mass is 32.2. The molecule has 0 aliphatic carbocycles. The van der Waals surface area contributed by atoms with Gasteiger partial charge in [0, 0.05) is 29.7 Å². The number of fused-ring (bicyclic) bond motifs is 1. The minimum Gasteiger partial charge on any atom is -0.355 e. The molecule has 0 spiro atoms. The maximum absolute atomic E-state index is 12.6. The first-order valence-electron chi connectivity index (χ1n) is 9.01. The molecular formula is C20H24N2O3S2. The maximum Gasteiger partial charge on any atom is 0.236 e. The maximum atomic E-state index is 12.6. The minimum atomic E-state index is -3.44. The van der Waals surface area contributed by atoms with E-state index in [1.807, 2.05) is 61.5 Å². The molecule has 0 radical (unpaired) electrons. The Hall–Kier alpha value is -1.99. The van der Waals surface area contributed by atoms with Gasteiger partial charge in [-0.3, -0.25) is 9.10 Å². The van der Waals surface area contributed by atoms with E-state index in [1.165, 1.54) is 4.31 Å². The number of nitrogens with one attached hydrogen (secondary N) is 1. The van der Waals surface area contributed by atoms with Gasteiger partial charge in [0.1, 0.15) is 0 Å². The third kappa shape index (κ3) is 5.05. The first-order chi connectivity index (χ1) is 13.0. The number of benzene rings is 2. The summed E-state index contributed by atoms with van der Waals surface area (Å²) in [6.07, 6.45) is 0.732. The first kappa shape index (κ1) is 19.8. The Morgan fingerprint density at radius 1 is 1.15 bits per heavy atom. The van der Waals surface area contributed by atoms with E-state index < -0.39 is 10.0 Å². The number of rotatable bonds is 8. The van der Waals surface area contributed by atoms with Crippen LogP contribution in [0.1, 0.15) is 12.5 Å². The summed E-state index contributed by atoms with van der Waals surface area (Å²) in [6, 6.07) is 17.5. The molecule has 2 aromatic rings. The average Bonchev–Trinajstić information content (AvgIpc) is 3.12. The summed E-state index contributed by atoms with van der Waals surface area (Å²) < 4.78 is 26.7. The van der Waals surface area contributed by atoms with Crippen LogP contribution in [0.4, 0.5) is 5.69 Å². The van der Waals surface area contributed by atoms with E-state index >= 15 is 0 Å². The number of carbonyl (C=O) groups is 1. The molecule has 1 aliphatic rings. The lowest BCUT2D eigenvalue weighted by Gasteiger charge is -2.20. The van der Waals surface area contributed by atoms with Gasteiger partial charge in [0.05, 0.1) is 11.4 Å². The normalized spacial score (nSPS) is 14.6. The van der Waals surface area contributed by atoms with Crippen molar-refractivity contribution in [3.63, 3.8) is 0 Å². The number of anilines is 1. The lowest BCUT2D eigenvalue weighted by molar-refractivity contribution is -0.123. The van der Waals surface area contributed by atoms with Crippen molar-refractivity contribution in [2.45, 2.75) is 18.2 Å². The number of hydrogen-bond acceptors (Lipinski definition) is 4. The molecule has 144 valence electrons. The zero-order valence-corrected chi connectivity index (χ0v) is 16.9. The third-order valence-electron chi connectivity index (χ3n) is 4.53. The summed E-state index contributed by atoms with van der Waals surface area (Å²) in [7, 11) is -3.44. The Morgan fingerprint density at radius 2 is 1.85 bits per heavy atom. The Bertz CT molecular complexity index is 885. The van der Waals surface area contributed by atoms with Crippen LogP contribution >= 0.6 is 11.8 Å². The molecule has 0 fully saturated rings. The lowest BCUT2D eigenvalue weighted by Crippen LogP contribution is -2.38. The molecule has 3 rings (SSSR count). The second-order valence-electron chi connectivity index (χ2n) is 6.58. The number of amides is 1.